The summed E-state index contributed by atoms with van der Waals surface area (Å²) < 4.78 is 22.5. The lowest BCUT2D eigenvalue weighted by Gasteiger charge is -2.43. The number of phenols is 2. The van der Waals surface area contributed by atoms with Crippen LogP contribution in [0.1, 0.15) is 108 Å². The molecule has 14 heteroatoms. The highest BCUT2D eigenvalue weighted by molar-refractivity contribution is 6.31. The minimum Gasteiger partial charge on any atom is -0.507 e. The number of hydrogen-bond donors (Lipinski definition) is 5. The molecular weight excluding hydrogens is 642 g/mol. The zero-order valence-electron chi connectivity index (χ0n) is 27.7. The Labute approximate surface area is 282 Å². The molecular formula is C35H41NO13. The van der Waals surface area contributed by atoms with E-state index in [1.54, 1.807) is 13.8 Å². The lowest BCUT2D eigenvalue weighted by Crippen LogP contribution is -2.55. The van der Waals surface area contributed by atoms with Crippen molar-refractivity contribution in [2.75, 3.05) is 13.7 Å². The average Bonchev–Trinajstić information content (AvgIpc) is 3.06. The molecule has 2 aromatic carbocycles. The predicted octanol–water partition coefficient (Wildman–Crippen LogP) is 2.31. The summed E-state index contributed by atoms with van der Waals surface area (Å²) in [6.45, 7) is 4.34. The number of phenolic OH excluding ortho intramolecular Hbond substituents is 2. The van der Waals surface area contributed by atoms with Crippen molar-refractivity contribution >= 4 is 29.2 Å². The van der Waals surface area contributed by atoms with Gasteiger partial charge in [-0.2, -0.15) is 0 Å². The van der Waals surface area contributed by atoms with Crippen molar-refractivity contribution in [3.63, 3.8) is 0 Å². The van der Waals surface area contributed by atoms with Gasteiger partial charge in [-0.15, -0.1) is 0 Å². The number of carbonyl (C=O) groups is 5. The highest BCUT2D eigenvalue weighted by atomic mass is 16.7. The molecule has 0 bridgehead atoms. The SMILES string of the molecule is CCCC(=O)N[C@H]1C[C@H](O[C@H]2C[C@](O)(C(=O)COC(=O)CCC)Cc3c(O)c4c(c(O)c32)C(=O)c2c(OC)cccc2C4=O)O[C@@H](C)[C@H]1O. The van der Waals surface area contributed by atoms with Crippen LogP contribution in [-0.4, -0.2) is 93.5 Å². The number of hydrogen-bond acceptors (Lipinski definition) is 13. The fraction of sp³-hybridized carbons (Fsp3) is 0.514. The molecule has 1 aliphatic heterocycles. The number of ether oxygens (including phenoxy) is 4. The number of amides is 1. The summed E-state index contributed by atoms with van der Waals surface area (Å²) >= 11 is 0. The van der Waals surface area contributed by atoms with Gasteiger partial charge in [-0.3, -0.25) is 24.0 Å². The average molecular weight is 684 g/mol. The second-order valence-corrected chi connectivity index (χ2v) is 12.7. The Morgan fingerprint density at radius 3 is 2.39 bits per heavy atom. The molecule has 3 aliphatic rings. The molecule has 5 N–H and O–H groups in total. The molecule has 5 rings (SSSR count). The first-order valence-corrected chi connectivity index (χ1v) is 16.3. The van der Waals surface area contributed by atoms with Crippen molar-refractivity contribution in [1.29, 1.82) is 0 Å². The standard InChI is InChI=1S/C35H41NO13/c1-5-8-23(38)36-19-12-25(48-16(3)30(19)40)49-21-14-35(45,22(37)15-47-24(39)9-6-2)13-18-27(21)34(44)29-28(32(18)42)31(41)17-10-7-11-20(46-4)26(17)33(29)43/h7,10-11,16,19,21,25,30,40,42,44-45H,5-6,8-9,12-15H2,1-4H3,(H,36,38)/t16-,19-,21-,25-,30+,35-/m0/s1. The predicted molar refractivity (Wildman–Crippen MR) is 169 cm³/mol. The van der Waals surface area contributed by atoms with Gasteiger partial charge in [-0.25, -0.2) is 0 Å². The number of nitrogens with one attached hydrogen (secondary N) is 1. The fourth-order valence-electron chi connectivity index (χ4n) is 6.77. The number of aliphatic hydroxyl groups excluding tert-OH is 1. The summed E-state index contributed by atoms with van der Waals surface area (Å²) in [5.41, 5.74) is -3.94. The summed E-state index contributed by atoms with van der Waals surface area (Å²) in [7, 11) is 1.31. The van der Waals surface area contributed by atoms with E-state index in [0.29, 0.717) is 12.8 Å². The van der Waals surface area contributed by atoms with Crippen LogP contribution in [0, 0.1) is 0 Å². The summed E-state index contributed by atoms with van der Waals surface area (Å²) in [6.07, 6.45) is -4.50. The Balaban J connectivity index is 1.59. The maximum absolute atomic E-state index is 13.9. The van der Waals surface area contributed by atoms with Crippen molar-refractivity contribution in [3.05, 3.63) is 51.6 Å². The number of benzene rings is 2. The summed E-state index contributed by atoms with van der Waals surface area (Å²) in [4.78, 5) is 65.6. The normalized spacial score (nSPS) is 25.9. The molecule has 6 atom stereocenters. The molecule has 0 radical (unpaired) electrons. The third-order valence-corrected chi connectivity index (χ3v) is 9.26. The van der Waals surface area contributed by atoms with E-state index in [1.165, 1.54) is 25.3 Å². The summed E-state index contributed by atoms with van der Waals surface area (Å²) in [5.74, 6) is -4.86. The van der Waals surface area contributed by atoms with E-state index in [1.807, 2.05) is 6.92 Å². The van der Waals surface area contributed by atoms with Crippen LogP contribution < -0.4 is 10.1 Å². The van der Waals surface area contributed by atoms with Crippen molar-refractivity contribution in [2.24, 2.45) is 0 Å². The van der Waals surface area contributed by atoms with Crippen LogP contribution >= 0.6 is 0 Å². The van der Waals surface area contributed by atoms with Crippen molar-refractivity contribution < 1.29 is 63.3 Å². The third kappa shape index (κ3) is 6.65. The minimum absolute atomic E-state index is 0.0441. The molecule has 2 aliphatic carbocycles. The number of fused-ring (bicyclic) bond motifs is 3. The lowest BCUT2D eigenvalue weighted by molar-refractivity contribution is -0.249. The second-order valence-electron chi connectivity index (χ2n) is 12.7. The number of ketones is 3. The van der Waals surface area contributed by atoms with Gasteiger partial charge in [0.05, 0.1) is 42.0 Å². The number of carbonyl (C=O) groups excluding carboxylic acids is 5. The van der Waals surface area contributed by atoms with Gasteiger partial charge in [0.1, 0.15) is 29.0 Å². The highest BCUT2D eigenvalue weighted by Gasteiger charge is 2.50. The number of aromatic hydroxyl groups is 2. The van der Waals surface area contributed by atoms with Crippen LogP contribution in [0.3, 0.4) is 0 Å². The maximum atomic E-state index is 13.9. The van der Waals surface area contributed by atoms with E-state index in [-0.39, 0.29) is 53.2 Å². The Hall–Kier alpha value is -4.37. The molecule has 0 saturated carbocycles. The van der Waals surface area contributed by atoms with Crippen LogP contribution in [0.2, 0.25) is 0 Å². The van der Waals surface area contributed by atoms with E-state index in [0.717, 1.165) is 0 Å². The number of methoxy groups -OCH3 is 1. The van der Waals surface area contributed by atoms with Gasteiger partial charge in [-0.1, -0.05) is 26.0 Å². The van der Waals surface area contributed by atoms with Gasteiger partial charge in [-0.05, 0) is 25.8 Å². The largest absolute Gasteiger partial charge is 0.507 e. The summed E-state index contributed by atoms with van der Waals surface area (Å²) in [5, 5.41) is 48.7. The zero-order chi connectivity index (χ0) is 35.8. The van der Waals surface area contributed by atoms with Crippen LogP contribution in [0.5, 0.6) is 17.2 Å². The summed E-state index contributed by atoms with van der Waals surface area (Å²) in [6, 6.07) is 3.53. The van der Waals surface area contributed by atoms with Gasteiger partial charge in [0.15, 0.2) is 18.7 Å². The molecule has 2 aromatic rings. The van der Waals surface area contributed by atoms with Crippen LogP contribution in [0.15, 0.2) is 18.2 Å². The van der Waals surface area contributed by atoms with Crippen LogP contribution in [0.4, 0.5) is 0 Å². The van der Waals surface area contributed by atoms with Gasteiger partial charge in [0.2, 0.25) is 17.5 Å². The lowest BCUT2D eigenvalue weighted by atomic mass is 9.72. The molecule has 1 fully saturated rings. The number of rotatable bonds is 11. The Morgan fingerprint density at radius 1 is 1.02 bits per heavy atom. The topological polar surface area (TPSA) is 215 Å². The third-order valence-electron chi connectivity index (χ3n) is 9.26. The smallest absolute Gasteiger partial charge is 0.306 e. The van der Waals surface area contributed by atoms with Crippen LogP contribution in [0.25, 0.3) is 0 Å². The van der Waals surface area contributed by atoms with Gasteiger partial charge < -0.3 is 44.7 Å². The second kappa shape index (κ2) is 14.2. The Bertz CT molecular complexity index is 1690. The number of Topliss-reactive ketones (excluding diaryl/α,β-unsaturated/α-hetero) is 1. The maximum Gasteiger partial charge on any atom is 0.306 e. The quantitative estimate of drug-likeness (QED) is 0.145. The molecule has 264 valence electrons. The molecule has 0 unspecified atom stereocenters. The molecule has 1 amide bonds. The molecule has 1 saturated heterocycles. The molecule has 14 nitrogen and oxygen atoms in total. The molecule has 0 aromatic heterocycles. The van der Waals surface area contributed by atoms with Crippen LogP contribution in [-0.2, 0) is 35.0 Å². The van der Waals surface area contributed by atoms with Gasteiger partial charge >= 0.3 is 5.97 Å². The van der Waals surface area contributed by atoms with Crippen molar-refractivity contribution in [2.45, 2.75) is 102 Å². The van der Waals surface area contributed by atoms with E-state index in [9.17, 15) is 44.4 Å². The Kier molecular flexibility index (Phi) is 10.4. The van der Waals surface area contributed by atoms with Crippen molar-refractivity contribution in [3.8, 4) is 17.2 Å². The molecule has 49 heavy (non-hydrogen) atoms. The fourth-order valence-corrected chi connectivity index (χ4v) is 6.77. The first-order chi connectivity index (χ1) is 23.3. The minimum atomic E-state index is -2.33. The number of aliphatic hydroxyl groups is 2. The molecule has 1 heterocycles. The molecule has 0 spiro atoms. The Morgan fingerprint density at radius 2 is 1.71 bits per heavy atom. The van der Waals surface area contributed by atoms with E-state index in [4.69, 9.17) is 18.9 Å². The monoisotopic (exact) mass is 683 g/mol. The van der Waals surface area contributed by atoms with Crippen molar-refractivity contribution in [1.82, 2.24) is 5.32 Å². The highest BCUT2D eigenvalue weighted by Crippen LogP contribution is 2.52. The van der Waals surface area contributed by atoms with E-state index in [2.05, 4.69) is 5.32 Å². The number of esters is 1. The first-order valence-electron chi connectivity index (χ1n) is 16.3. The van der Waals surface area contributed by atoms with E-state index < -0.39 is 102 Å². The zero-order valence-corrected chi connectivity index (χ0v) is 27.7. The first kappa shape index (κ1) is 35.9. The van der Waals surface area contributed by atoms with Gasteiger partial charge in [0.25, 0.3) is 0 Å². The van der Waals surface area contributed by atoms with Gasteiger partial charge in [0, 0.05) is 48.8 Å². The van der Waals surface area contributed by atoms with E-state index >= 15 is 0 Å².